The SMILES string of the molecule is CCC(C)c1cc(C(=O)Nc2ccc(F)c(F)c2)c(F)c(S(N)(=O)=O)c1. The molecule has 9 heteroatoms. The molecule has 2 aromatic carbocycles. The number of anilines is 1. The molecule has 2 aromatic rings. The smallest absolute Gasteiger partial charge is 0.258 e. The first-order valence-electron chi connectivity index (χ1n) is 7.67. The Hall–Kier alpha value is -2.39. The molecule has 0 fully saturated rings. The fourth-order valence-electron chi connectivity index (χ4n) is 2.28. The van der Waals surface area contributed by atoms with Gasteiger partial charge >= 0.3 is 0 Å². The van der Waals surface area contributed by atoms with Gasteiger partial charge in [0.2, 0.25) is 10.0 Å². The maximum atomic E-state index is 14.6. The van der Waals surface area contributed by atoms with Gasteiger partial charge in [0.05, 0.1) is 5.56 Å². The minimum absolute atomic E-state index is 0.112. The molecule has 3 N–H and O–H groups in total. The second-order valence-corrected chi connectivity index (χ2v) is 7.35. The van der Waals surface area contributed by atoms with E-state index in [0.29, 0.717) is 12.0 Å². The number of amides is 1. The van der Waals surface area contributed by atoms with Crippen LogP contribution in [0.15, 0.2) is 35.2 Å². The van der Waals surface area contributed by atoms with Crippen LogP contribution in [0.5, 0.6) is 0 Å². The van der Waals surface area contributed by atoms with Crippen molar-refractivity contribution >= 4 is 21.6 Å². The van der Waals surface area contributed by atoms with Crippen LogP contribution in [0.1, 0.15) is 42.1 Å². The summed E-state index contributed by atoms with van der Waals surface area (Å²) in [5.74, 6) is -4.78. The second-order valence-electron chi connectivity index (χ2n) is 5.82. The molecule has 0 aliphatic rings. The van der Waals surface area contributed by atoms with Crippen LogP contribution in [-0.2, 0) is 10.0 Å². The lowest BCUT2D eigenvalue weighted by molar-refractivity contribution is 0.102. The van der Waals surface area contributed by atoms with Gasteiger partial charge in [0.25, 0.3) is 5.91 Å². The van der Waals surface area contributed by atoms with Crippen LogP contribution < -0.4 is 10.5 Å². The minimum Gasteiger partial charge on any atom is -0.322 e. The molecule has 0 aromatic heterocycles. The number of rotatable bonds is 5. The Bertz CT molecular complexity index is 962. The highest BCUT2D eigenvalue weighted by Crippen LogP contribution is 2.27. The maximum Gasteiger partial charge on any atom is 0.258 e. The predicted molar refractivity (Wildman–Crippen MR) is 90.8 cm³/mol. The Kier molecular flexibility index (Phi) is 5.72. The molecule has 0 spiro atoms. The lowest BCUT2D eigenvalue weighted by atomic mass is 9.96. The molecule has 1 atom stereocenters. The average Bonchev–Trinajstić information content (AvgIpc) is 2.56. The molecule has 0 aliphatic carbocycles. The quantitative estimate of drug-likeness (QED) is 0.824. The summed E-state index contributed by atoms with van der Waals surface area (Å²) in [7, 11) is -4.40. The normalized spacial score (nSPS) is 12.7. The van der Waals surface area contributed by atoms with Crippen LogP contribution in [0.25, 0.3) is 0 Å². The monoisotopic (exact) mass is 386 g/mol. The maximum absolute atomic E-state index is 14.6. The number of nitrogens with one attached hydrogen (secondary N) is 1. The Labute approximate surface area is 149 Å². The fourth-order valence-corrected chi connectivity index (χ4v) is 2.94. The van der Waals surface area contributed by atoms with E-state index in [1.54, 1.807) is 6.92 Å². The third-order valence-electron chi connectivity index (χ3n) is 3.97. The van der Waals surface area contributed by atoms with E-state index in [4.69, 9.17) is 5.14 Å². The van der Waals surface area contributed by atoms with Gasteiger partial charge in [0.1, 0.15) is 4.90 Å². The molecule has 0 saturated carbocycles. The van der Waals surface area contributed by atoms with Crippen molar-refractivity contribution in [1.29, 1.82) is 0 Å². The summed E-state index contributed by atoms with van der Waals surface area (Å²) in [6.07, 6.45) is 0.611. The number of nitrogens with two attached hydrogens (primary N) is 1. The molecule has 26 heavy (non-hydrogen) atoms. The van der Waals surface area contributed by atoms with Gasteiger partial charge in [-0.1, -0.05) is 13.8 Å². The molecule has 5 nitrogen and oxygen atoms in total. The molecular weight excluding hydrogens is 369 g/mol. The zero-order valence-corrected chi connectivity index (χ0v) is 14.8. The van der Waals surface area contributed by atoms with Crippen LogP contribution in [0.2, 0.25) is 0 Å². The van der Waals surface area contributed by atoms with Crippen molar-refractivity contribution in [3.05, 3.63) is 58.9 Å². The minimum atomic E-state index is -4.40. The van der Waals surface area contributed by atoms with Crippen molar-refractivity contribution < 1.29 is 26.4 Å². The first-order chi connectivity index (χ1) is 12.0. The van der Waals surface area contributed by atoms with Gasteiger partial charge in [-0.15, -0.1) is 0 Å². The van der Waals surface area contributed by atoms with Gasteiger partial charge in [-0.25, -0.2) is 26.7 Å². The lowest BCUT2D eigenvalue weighted by Gasteiger charge is -2.15. The van der Waals surface area contributed by atoms with Crippen LogP contribution in [0.3, 0.4) is 0 Å². The van der Waals surface area contributed by atoms with Crippen molar-refractivity contribution in [3.63, 3.8) is 0 Å². The Morgan fingerprint density at radius 3 is 2.35 bits per heavy atom. The Morgan fingerprint density at radius 1 is 1.15 bits per heavy atom. The third kappa shape index (κ3) is 4.23. The van der Waals surface area contributed by atoms with Gasteiger partial charge < -0.3 is 5.32 Å². The molecule has 140 valence electrons. The molecule has 2 rings (SSSR count). The van der Waals surface area contributed by atoms with E-state index < -0.39 is 43.8 Å². The standard InChI is InChI=1S/C17H17F3N2O3S/c1-3-9(2)10-6-12(16(20)15(7-10)26(21,24)25)17(23)22-11-4-5-13(18)14(19)8-11/h4-9H,3H2,1-2H3,(H,22,23)(H2,21,24,25). The zero-order chi connectivity index (χ0) is 19.6. The highest BCUT2D eigenvalue weighted by molar-refractivity contribution is 7.89. The molecular formula is C17H17F3N2O3S. The van der Waals surface area contributed by atoms with E-state index in [-0.39, 0.29) is 11.6 Å². The summed E-state index contributed by atoms with van der Waals surface area (Å²) in [5.41, 5.74) is -0.260. The number of primary sulfonamides is 1. The van der Waals surface area contributed by atoms with Crippen molar-refractivity contribution in [1.82, 2.24) is 0 Å². The number of carbonyl (C=O) groups is 1. The van der Waals surface area contributed by atoms with Crippen molar-refractivity contribution in [2.24, 2.45) is 5.14 Å². The summed E-state index contributed by atoms with van der Waals surface area (Å²) in [6, 6.07) is 4.92. The fraction of sp³-hybridized carbons (Fsp3) is 0.235. The highest BCUT2D eigenvalue weighted by atomic mass is 32.2. The van der Waals surface area contributed by atoms with E-state index in [0.717, 1.165) is 24.3 Å². The molecule has 0 radical (unpaired) electrons. The Balaban J connectivity index is 2.52. The molecule has 0 heterocycles. The zero-order valence-electron chi connectivity index (χ0n) is 14.0. The van der Waals surface area contributed by atoms with Gasteiger partial charge in [-0.3, -0.25) is 4.79 Å². The second kappa shape index (κ2) is 7.46. The van der Waals surface area contributed by atoms with E-state index in [2.05, 4.69) is 5.32 Å². The van der Waals surface area contributed by atoms with Gasteiger partial charge in [0, 0.05) is 11.8 Å². The first kappa shape index (κ1) is 19.9. The van der Waals surface area contributed by atoms with Gasteiger partial charge in [-0.05, 0) is 42.2 Å². The van der Waals surface area contributed by atoms with Crippen LogP contribution in [0, 0.1) is 17.5 Å². The molecule has 0 aliphatic heterocycles. The summed E-state index contributed by atoms with van der Waals surface area (Å²) >= 11 is 0. The molecule has 0 bridgehead atoms. The van der Waals surface area contributed by atoms with E-state index in [1.165, 1.54) is 6.07 Å². The van der Waals surface area contributed by atoms with E-state index in [9.17, 15) is 26.4 Å². The largest absolute Gasteiger partial charge is 0.322 e. The number of carbonyl (C=O) groups excluding carboxylic acids is 1. The molecule has 1 amide bonds. The van der Waals surface area contributed by atoms with Crippen LogP contribution in [-0.4, -0.2) is 14.3 Å². The number of hydrogen-bond donors (Lipinski definition) is 2. The first-order valence-corrected chi connectivity index (χ1v) is 9.21. The highest BCUT2D eigenvalue weighted by Gasteiger charge is 2.24. The van der Waals surface area contributed by atoms with Crippen molar-refractivity contribution in [2.45, 2.75) is 31.1 Å². The summed E-state index contributed by atoms with van der Waals surface area (Å²) in [6.45, 7) is 3.61. The number of sulfonamides is 1. The van der Waals surface area contributed by atoms with E-state index in [1.807, 2.05) is 6.92 Å². The third-order valence-corrected chi connectivity index (χ3v) is 4.88. The molecule has 0 saturated heterocycles. The van der Waals surface area contributed by atoms with E-state index >= 15 is 0 Å². The number of halogens is 3. The average molecular weight is 386 g/mol. The molecule has 1 unspecified atom stereocenters. The summed E-state index contributed by atoms with van der Waals surface area (Å²) in [4.78, 5) is 11.6. The lowest BCUT2D eigenvalue weighted by Crippen LogP contribution is -2.20. The van der Waals surface area contributed by atoms with Crippen LogP contribution >= 0.6 is 0 Å². The number of hydrogen-bond acceptors (Lipinski definition) is 3. The van der Waals surface area contributed by atoms with Gasteiger partial charge in [0.15, 0.2) is 17.5 Å². The summed E-state index contributed by atoms with van der Waals surface area (Å²) < 4.78 is 64.1. The predicted octanol–water partition coefficient (Wildman–Crippen LogP) is 3.52. The van der Waals surface area contributed by atoms with Gasteiger partial charge in [-0.2, -0.15) is 0 Å². The summed E-state index contributed by atoms with van der Waals surface area (Å²) in [5, 5.41) is 7.24. The van der Waals surface area contributed by atoms with Crippen molar-refractivity contribution in [3.8, 4) is 0 Å². The van der Waals surface area contributed by atoms with Crippen LogP contribution in [0.4, 0.5) is 18.9 Å². The Morgan fingerprint density at radius 2 is 1.81 bits per heavy atom. The van der Waals surface area contributed by atoms with Crippen molar-refractivity contribution in [2.75, 3.05) is 5.32 Å². The topological polar surface area (TPSA) is 89.3 Å². The number of benzene rings is 2.